The summed E-state index contributed by atoms with van der Waals surface area (Å²) >= 11 is 0. The Morgan fingerprint density at radius 3 is 2.93 bits per heavy atom. The molecule has 0 saturated heterocycles. The third-order valence-corrected chi connectivity index (χ3v) is 1.48. The molecule has 2 heterocycles. The number of tetrazole rings is 1. The van der Waals surface area contributed by atoms with E-state index in [1.807, 2.05) is 0 Å². The van der Waals surface area contributed by atoms with Crippen LogP contribution < -0.4 is 0 Å². The van der Waals surface area contributed by atoms with Crippen LogP contribution in [0.5, 0.6) is 0 Å². The predicted octanol–water partition coefficient (Wildman–Crippen LogP) is -0.245. The average molecular weight is 191 g/mol. The normalized spacial score (nSPS) is 10.0. The molecule has 0 saturated carbocycles. The molecule has 2 aromatic heterocycles. The van der Waals surface area contributed by atoms with Gasteiger partial charge in [-0.15, -0.1) is 15.0 Å². The largest absolute Gasteiger partial charge is 0.475 e. The Morgan fingerprint density at radius 1 is 1.50 bits per heavy atom. The average Bonchev–Trinajstić information content (AvgIpc) is 2.68. The summed E-state index contributed by atoms with van der Waals surface area (Å²) in [6.45, 7) is 0. The predicted molar refractivity (Wildman–Crippen MR) is 43.9 cm³/mol. The number of pyridine rings is 1. The summed E-state index contributed by atoms with van der Waals surface area (Å²) in [5, 5.41) is 19.1. The van der Waals surface area contributed by atoms with Crippen molar-refractivity contribution in [3.8, 4) is 5.69 Å². The van der Waals surface area contributed by atoms with Crippen LogP contribution in [0.2, 0.25) is 0 Å². The summed E-state index contributed by atoms with van der Waals surface area (Å²) in [6, 6.07) is 3.39. The van der Waals surface area contributed by atoms with Crippen LogP contribution in [0, 0.1) is 0 Å². The molecule has 0 amide bonds. The van der Waals surface area contributed by atoms with Crippen LogP contribution in [0.25, 0.3) is 5.69 Å². The molecule has 1 N–H and O–H groups in total. The van der Waals surface area contributed by atoms with Gasteiger partial charge in [0.05, 0.1) is 6.20 Å². The molecule has 0 fully saturated rings. The molecule has 0 atom stereocenters. The van der Waals surface area contributed by atoms with Crippen LogP contribution in [-0.2, 0) is 0 Å². The molecule has 70 valence electrons. The van der Waals surface area contributed by atoms with Gasteiger partial charge in [-0.25, -0.2) is 4.79 Å². The van der Waals surface area contributed by atoms with Crippen LogP contribution >= 0.6 is 0 Å². The molecule has 0 radical (unpaired) electrons. The number of carboxylic acids is 1. The second-order valence-corrected chi connectivity index (χ2v) is 2.42. The molecule has 2 aromatic rings. The standard InChI is InChI=1S/C7H5N5O2/c13-7(14)6-9-11-12(10-6)5-2-1-3-8-4-5/h1-4H,(H,13,14). The summed E-state index contributed by atoms with van der Waals surface area (Å²) in [5.41, 5.74) is 0.563. The van der Waals surface area contributed by atoms with E-state index in [-0.39, 0.29) is 5.82 Å². The fraction of sp³-hybridized carbons (Fsp3) is 0. The van der Waals surface area contributed by atoms with Crippen LogP contribution in [-0.4, -0.2) is 36.3 Å². The lowest BCUT2D eigenvalue weighted by Gasteiger charge is -1.93. The van der Waals surface area contributed by atoms with Crippen molar-refractivity contribution in [3.63, 3.8) is 0 Å². The smallest absolute Gasteiger partial charge is 0.377 e. The maximum absolute atomic E-state index is 10.5. The third-order valence-electron chi connectivity index (χ3n) is 1.48. The number of carboxylic acid groups (broad SMARTS) is 1. The van der Waals surface area contributed by atoms with E-state index < -0.39 is 5.97 Å². The van der Waals surface area contributed by atoms with Gasteiger partial charge in [0.15, 0.2) is 0 Å². The lowest BCUT2D eigenvalue weighted by molar-refractivity contribution is 0.0683. The first-order valence-corrected chi connectivity index (χ1v) is 3.71. The Kier molecular flexibility index (Phi) is 1.90. The monoisotopic (exact) mass is 191 g/mol. The molecule has 2 rings (SSSR count). The lowest BCUT2D eigenvalue weighted by Crippen LogP contribution is -2.02. The Morgan fingerprint density at radius 2 is 2.36 bits per heavy atom. The van der Waals surface area contributed by atoms with Gasteiger partial charge in [0.25, 0.3) is 5.82 Å². The van der Waals surface area contributed by atoms with E-state index in [1.54, 1.807) is 18.3 Å². The van der Waals surface area contributed by atoms with Crippen molar-refractivity contribution in [1.29, 1.82) is 0 Å². The van der Waals surface area contributed by atoms with Crippen LogP contribution in [0.3, 0.4) is 0 Å². The minimum Gasteiger partial charge on any atom is -0.475 e. The highest BCUT2D eigenvalue weighted by Crippen LogP contribution is 2.00. The molecule has 0 spiro atoms. The van der Waals surface area contributed by atoms with E-state index >= 15 is 0 Å². The van der Waals surface area contributed by atoms with Gasteiger partial charge in [0, 0.05) is 6.20 Å². The van der Waals surface area contributed by atoms with Gasteiger partial charge in [-0.05, 0) is 17.3 Å². The van der Waals surface area contributed by atoms with Gasteiger partial charge in [-0.3, -0.25) is 4.98 Å². The molecule has 7 heteroatoms. The highest BCUT2D eigenvalue weighted by atomic mass is 16.4. The van der Waals surface area contributed by atoms with Gasteiger partial charge in [0.2, 0.25) is 0 Å². The van der Waals surface area contributed by atoms with E-state index in [0.29, 0.717) is 5.69 Å². The van der Waals surface area contributed by atoms with Crippen LogP contribution in [0.15, 0.2) is 24.5 Å². The summed E-state index contributed by atoms with van der Waals surface area (Å²) in [6.07, 6.45) is 3.10. The minimum absolute atomic E-state index is 0.339. The van der Waals surface area contributed by atoms with Crippen molar-refractivity contribution >= 4 is 5.97 Å². The van der Waals surface area contributed by atoms with E-state index in [0.717, 1.165) is 4.80 Å². The highest BCUT2D eigenvalue weighted by molar-refractivity contribution is 5.82. The topological polar surface area (TPSA) is 93.8 Å². The molecule has 7 nitrogen and oxygen atoms in total. The first-order chi connectivity index (χ1) is 6.77. The SMILES string of the molecule is O=C(O)c1nnn(-c2cccnc2)n1. The zero-order chi connectivity index (χ0) is 9.97. The third kappa shape index (κ3) is 1.42. The van der Waals surface area contributed by atoms with E-state index in [9.17, 15) is 4.79 Å². The van der Waals surface area contributed by atoms with Crippen molar-refractivity contribution in [2.45, 2.75) is 0 Å². The molecule has 14 heavy (non-hydrogen) atoms. The van der Waals surface area contributed by atoms with Gasteiger partial charge in [-0.2, -0.15) is 0 Å². The van der Waals surface area contributed by atoms with Gasteiger partial charge >= 0.3 is 5.97 Å². The van der Waals surface area contributed by atoms with Gasteiger partial charge in [0.1, 0.15) is 5.69 Å². The number of carbonyl (C=O) groups is 1. The number of aromatic carboxylic acids is 1. The number of nitrogens with zero attached hydrogens (tertiary/aromatic N) is 5. The molecule has 0 aromatic carbocycles. The molecular formula is C7H5N5O2. The van der Waals surface area contributed by atoms with Crippen molar-refractivity contribution in [3.05, 3.63) is 30.4 Å². The highest BCUT2D eigenvalue weighted by Gasteiger charge is 2.10. The first-order valence-electron chi connectivity index (χ1n) is 3.71. The van der Waals surface area contributed by atoms with Crippen molar-refractivity contribution in [2.75, 3.05) is 0 Å². The fourth-order valence-corrected chi connectivity index (χ4v) is 0.881. The number of hydrogen-bond donors (Lipinski definition) is 1. The molecule has 0 aliphatic rings. The van der Waals surface area contributed by atoms with Crippen molar-refractivity contribution < 1.29 is 9.90 Å². The Bertz CT molecular complexity index is 452. The minimum atomic E-state index is -1.21. The van der Waals surface area contributed by atoms with E-state index in [1.165, 1.54) is 6.20 Å². The Labute approximate surface area is 78.0 Å². The zero-order valence-electron chi connectivity index (χ0n) is 6.90. The second-order valence-electron chi connectivity index (χ2n) is 2.42. The second kappa shape index (κ2) is 3.21. The molecule has 0 aliphatic heterocycles. The summed E-state index contributed by atoms with van der Waals surface area (Å²) in [4.78, 5) is 15.4. The molecule has 0 aliphatic carbocycles. The van der Waals surface area contributed by atoms with Crippen LogP contribution in [0.4, 0.5) is 0 Å². The van der Waals surface area contributed by atoms with Crippen molar-refractivity contribution in [1.82, 2.24) is 25.2 Å². The number of rotatable bonds is 2. The number of aromatic nitrogens is 5. The fourth-order valence-electron chi connectivity index (χ4n) is 0.881. The quantitative estimate of drug-likeness (QED) is 0.703. The zero-order valence-corrected chi connectivity index (χ0v) is 6.90. The van der Waals surface area contributed by atoms with E-state index in [2.05, 4.69) is 20.4 Å². The molecular weight excluding hydrogens is 186 g/mol. The molecule has 0 bridgehead atoms. The Hall–Kier alpha value is -2.31. The summed E-state index contributed by atoms with van der Waals surface area (Å²) < 4.78 is 0. The summed E-state index contributed by atoms with van der Waals surface area (Å²) in [7, 11) is 0. The van der Waals surface area contributed by atoms with Gasteiger partial charge < -0.3 is 5.11 Å². The maximum atomic E-state index is 10.5. The van der Waals surface area contributed by atoms with Gasteiger partial charge in [-0.1, -0.05) is 0 Å². The summed E-state index contributed by atoms with van der Waals surface area (Å²) in [5.74, 6) is -1.55. The lowest BCUT2D eigenvalue weighted by atomic mass is 10.4. The van der Waals surface area contributed by atoms with Crippen LogP contribution in [0.1, 0.15) is 10.6 Å². The van der Waals surface area contributed by atoms with Crippen molar-refractivity contribution in [2.24, 2.45) is 0 Å². The molecule has 0 unspecified atom stereocenters. The maximum Gasteiger partial charge on any atom is 0.377 e. The Balaban J connectivity index is 2.39. The first kappa shape index (κ1) is 8.30. The number of hydrogen-bond acceptors (Lipinski definition) is 5. The van der Waals surface area contributed by atoms with E-state index in [4.69, 9.17) is 5.11 Å².